The second-order valence-corrected chi connectivity index (χ2v) is 5.87. The van der Waals surface area contributed by atoms with Crippen molar-refractivity contribution in [2.75, 3.05) is 20.1 Å². The summed E-state index contributed by atoms with van der Waals surface area (Å²) in [4.78, 5) is 14.7. The van der Waals surface area contributed by atoms with Crippen molar-refractivity contribution in [2.24, 2.45) is 0 Å². The van der Waals surface area contributed by atoms with E-state index in [1.54, 1.807) is 0 Å². The highest BCUT2D eigenvalue weighted by Gasteiger charge is 2.24. The highest BCUT2D eigenvalue weighted by atomic mass is 16.5. The lowest BCUT2D eigenvalue weighted by atomic mass is 10.1. The van der Waals surface area contributed by atoms with E-state index < -0.39 is 6.10 Å². The molecule has 0 radical (unpaired) electrons. The maximum absolute atomic E-state index is 12.4. The third-order valence-corrected chi connectivity index (χ3v) is 4.09. The third-order valence-electron chi connectivity index (χ3n) is 4.09. The van der Waals surface area contributed by atoms with Gasteiger partial charge in [-0.15, -0.1) is 0 Å². The van der Waals surface area contributed by atoms with Gasteiger partial charge in [0.05, 0.1) is 0 Å². The summed E-state index contributed by atoms with van der Waals surface area (Å²) in [7, 11) is 2.12. The first-order chi connectivity index (χ1) is 10.1. The van der Waals surface area contributed by atoms with Crippen molar-refractivity contribution in [2.45, 2.75) is 45.3 Å². The van der Waals surface area contributed by atoms with E-state index in [1.807, 2.05) is 38.1 Å². The number of nitrogens with one attached hydrogen (secondary N) is 1. The molecule has 1 amide bonds. The van der Waals surface area contributed by atoms with Crippen molar-refractivity contribution in [3.8, 4) is 5.75 Å². The molecule has 1 saturated heterocycles. The van der Waals surface area contributed by atoms with E-state index in [-0.39, 0.29) is 11.9 Å². The lowest BCUT2D eigenvalue weighted by Gasteiger charge is -2.30. The number of hydrogen-bond acceptors (Lipinski definition) is 3. The number of amides is 1. The molecule has 1 aromatic rings. The van der Waals surface area contributed by atoms with E-state index in [9.17, 15) is 4.79 Å². The van der Waals surface area contributed by atoms with Crippen molar-refractivity contribution >= 4 is 5.91 Å². The molecule has 0 aromatic heterocycles. The number of piperidine rings is 1. The average molecular weight is 290 g/mol. The van der Waals surface area contributed by atoms with Gasteiger partial charge in [0.1, 0.15) is 5.75 Å². The largest absolute Gasteiger partial charge is 0.480 e. The Morgan fingerprint density at radius 2 is 2.05 bits per heavy atom. The van der Waals surface area contributed by atoms with E-state index in [0.29, 0.717) is 6.42 Å². The number of carbonyl (C=O) groups excluding carboxylic acids is 1. The molecule has 1 aliphatic heterocycles. The molecule has 1 aliphatic rings. The van der Waals surface area contributed by atoms with E-state index in [0.717, 1.165) is 37.2 Å². The Balaban J connectivity index is 1.91. The van der Waals surface area contributed by atoms with Gasteiger partial charge < -0.3 is 15.0 Å². The molecule has 1 aromatic carbocycles. The quantitative estimate of drug-likeness (QED) is 0.905. The Morgan fingerprint density at radius 3 is 2.67 bits per heavy atom. The molecular weight excluding hydrogens is 264 g/mol. The first kappa shape index (κ1) is 15.8. The van der Waals surface area contributed by atoms with Gasteiger partial charge in [0.15, 0.2) is 6.10 Å². The molecule has 21 heavy (non-hydrogen) atoms. The van der Waals surface area contributed by atoms with Gasteiger partial charge in [0.2, 0.25) is 0 Å². The lowest BCUT2D eigenvalue weighted by molar-refractivity contribution is -0.129. The van der Waals surface area contributed by atoms with Crippen LogP contribution in [0.1, 0.15) is 31.7 Å². The number of benzene rings is 1. The SMILES string of the molecule is CC[C@H](Oc1ccccc1C)C(=O)NC1CCN(C)CC1. The summed E-state index contributed by atoms with van der Waals surface area (Å²) in [6, 6.07) is 8.10. The van der Waals surface area contributed by atoms with Gasteiger partial charge in [-0.2, -0.15) is 0 Å². The van der Waals surface area contributed by atoms with Gasteiger partial charge in [-0.25, -0.2) is 0 Å². The Kier molecular flexibility index (Phi) is 5.62. The topological polar surface area (TPSA) is 41.6 Å². The zero-order valence-corrected chi connectivity index (χ0v) is 13.3. The highest BCUT2D eigenvalue weighted by Crippen LogP contribution is 2.19. The van der Waals surface area contributed by atoms with Crippen LogP contribution < -0.4 is 10.1 Å². The molecule has 0 spiro atoms. The molecule has 0 aliphatic carbocycles. The molecule has 1 fully saturated rings. The zero-order valence-electron chi connectivity index (χ0n) is 13.3. The Bertz CT molecular complexity index is 468. The summed E-state index contributed by atoms with van der Waals surface area (Å²) >= 11 is 0. The monoisotopic (exact) mass is 290 g/mol. The smallest absolute Gasteiger partial charge is 0.261 e. The molecule has 1 N–H and O–H groups in total. The first-order valence-electron chi connectivity index (χ1n) is 7.81. The molecule has 1 heterocycles. The molecule has 0 saturated carbocycles. The van der Waals surface area contributed by atoms with Crippen molar-refractivity contribution in [1.29, 1.82) is 0 Å². The Hall–Kier alpha value is -1.55. The molecule has 116 valence electrons. The van der Waals surface area contributed by atoms with Crippen molar-refractivity contribution in [3.63, 3.8) is 0 Å². The van der Waals surface area contributed by atoms with Crippen LogP contribution in [0.25, 0.3) is 0 Å². The predicted octanol–water partition coefficient (Wildman–Crippen LogP) is 2.36. The average Bonchev–Trinajstić information content (AvgIpc) is 2.48. The van der Waals surface area contributed by atoms with E-state index in [4.69, 9.17) is 4.74 Å². The van der Waals surface area contributed by atoms with Gasteiger partial charge in [0.25, 0.3) is 5.91 Å². The van der Waals surface area contributed by atoms with Crippen LogP contribution >= 0.6 is 0 Å². The summed E-state index contributed by atoms with van der Waals surface area (Å²) in [5.41, 5.74) is 1.06. The van der Waals surface area contributed by atoms with Crippen molar-refractivity contribution < 1.29 is 9.53 Å². The minimum Gasteiger partial charge on any atom is -0.480 e. The normalized spacial score (nSPS) is 18.2. The maximum Gasteiger partial charge on any atom is 0.261 e. The van der Waals surface area contributed by atoms with Gasteiger partial charge >= 0.3 is 0 Å². The molecular formula is C17H26N2O2. The van der Waals surface area contributed by atoms with E-state index in [2.05, 4.69) is 17.3 Å². The van der Waals surface area contributed by atoms with Crippen molar-refractivity contribution in [1.82, 2.24) is 10.2 Å². The number of likely N-dealkylation sites (tertiary alicyclic amines) is 1. The van der Waals surface area contributed by atoms with Crippen LogP contribution in [0.5, 0.6) is 5.75 Å². The fourth-order valence-electron chi connectivity index (χ4n) is 2.61. The highest BCUT2D eigenvalue weighted by molar-refractivity contribution is 5.81. The summed E-state index contributed by atoms with van der Waals surface area (Å²) in [5.74, 6) is 0.804. The number of rotatable bonds is 5. The van der Waals surface area contributed by atoms with Crippen LogP contribution in [-0.4, -0.2) is 43.1 Å². The second-order valence-electron chi connectivity index (χ2n) is 5.87. The Morgan fingerprint density at radius 1 is 1.38 bits per heavy atom. The fourth-order valence-corrected chi connectivity index (χ4v) is 2.61. The van der Waals surface area contributed by atoms with Crippen LogP contribution in [0.3, 0.4) is 0 Å². The lowest BCUT2D eigenvalue weighted by Crippen LogP contribution is -2.47. The maximum atomic E-state index is 12.4. The molecule has 0 bridgehead atoms. The van der Waals surface area contributed by atoms with Gasteiger partial charge in [0, 0.05) is 6.04 Å². The summed E-state index contributed by atoms with van der Waals surface area (Å²) in [6.45, 7) is 6.06. The number of ether oxygens (including phenoxy) is 1. The van der Waals surface area contributed by atoms with Gasteiger partial charge in [-0.05, 0) is 58.0 Å². The minimum absolute atomic E-state index is 0.00954. The number of carbonyl (C=O) groups is 1. The molecule has 1 atom stereocenters. The third kappa shape index (κ3) is 4.46. The zero-order chi connectivity index (χ0) is 15.2. The number of aryl methyl sites for hydroxylation is 1. The number of para-hydroxylation sites is 1. The predicted molar refractivity (Wildman–Crippen MR) is 84.5 cm³/mol. The molecule has 4 heteroatoms. The number of hydrogen-bond donors (Lipinski definition) is 1. The molecule has 0 unspecified atom stereocenters. The second kappa shape index (κ2) is 7.46. The van der Waals surface area contributed by atoms with Gasteiger partial charge in [-0.3, -0.25) is 4.79 Å². The van der Waals surface area contributed by atoms with E-state index in [1.165, 1.54) is 0 Å². The summed E-state index contributed by atoms with van der Waals surface area (Å²) < 4.78 is 5.90. The minimum atomic E-state index is -0.411. The van der Waals surface area contributed by atoms with Crippen molar-refractivity contribution in [3.05, 3.63) is 29.8 Å². The van der Waals surface area contributed by atoms with E-state index >= 15 is 0 Å². The van der Waals surface area contributed by atoms with Crippen LogP contribution in [0.4, 0.5) is 0 Å². The van der Waals surface area contributed by atoms with Crippen LogP contribution in [0, 0.1) is 6.92 Å². The Labute approximate surface area is 127 Å². The fraction of sp³-hybridized carbons (Fsp3) is 0.588. The number of nitrogens with zero attached hydrogens (tertiary/aromatic N) is 1. The van der Waals surface area contributed by atoms with Crippen LogP contribution in [0.15, 0.2) is 24.3 Å². The van der Waals surface area contributed by atoms with Crippen LogP contribution in [-0.2, 0) is 4.79 Å². The standard InChI is InChI=1S/C17H26N2O2/c1-4-15(21-16-8-6-5-7-13(16)2)17(20)18-14-9-11-19(3)12-10-14/h5-8,14-15H,4,9-12H2,1-3H3,(H,18,20)/t15-/m0/s1. The molecule has 4 nitrogen and oxygen atoms in total. The van der Waals surface area contributed by atoms with Crippen LogP contribution in [0.2, 0.25) is 0 Å². The first-order valence-corrected chi connectivity index (χ1v) is 7.81. The summed E-state index contributed by atoms with van der Waals surface area (Å²) in [5, 5.41) is 3.14. The summed E-state index contributed by atoms with van der Waals surface area (Å²) in [6.07, 6.45) is 2.30. The van der Waals surface area contributed by atoms with Gasteiger partial charge in [-0.1, -0.05) is 25.1 Å². The molecule has 2 rings (SSSR count).